The Kier molecular flexibility index (Phi) is 73.8. The standard InChI is InChI=1S/C81H158O17P2/c1-5-9-13-17-21-25-28-31-34-36-37-38-39-40-43-46-49-52-56-60-64-68-81(86)98-77(72-92-79(84)66-62-58-54-50-47-44-42-35-32-29-26-22-18-14-10-6-2)74-96-100(89,90)94-70-75(82)69-93-99(87,88)95-73-76(71-91-78(83)65-61-57-53-24-20-16-12-8-4)97-80(85)67-63-59-55-51-48-45-41-33-30-27-23-19-15-11-7-3/h75-77,82H,5-74H2,1-4H3,(H,87,88)(H,89,90)/t75-,76+,77+/m0/s1. The maximum atomic E-state index is 13.1. The third kappa shape index (κ3) is 74.3. The molecule has 17 nitrogen and oxygen atoms in total. The first-order valence-electron chi connectivity index (χ1n) is 42.3. The molecule has 100 heavy (non-hydrogen) atoms. The molecule has 0 spiro atoms. The summed E-state index contributed by atoms with van der Waals surface area (Å²) < 4.78 is 68.6. The molecule has 0 aliphatic carbocycles. The molecule has 5 atom stereocenters. The predicted octanol–water partition coefficient (Wildman–Crippen LogP) is 24.6. The maximum absolute atomic E-state index is 13.1. The van der Waals surface area contributed by atoms with Gasteiger partial charge >= 0.3 is 39.5 Å². The Morgan fingerprint density at radius 3 is 0.590 bits per heavy atom. The lowest BCUT2D eigenvalue weighted by Gasteiger charge is -2.21. The van der Waals surface area contributed by atoms with E-state index >= 15 is 0 Å². The van der Waals surface area contributed by atoms with Crippen LogP contribution in [0.3, 0.4) is 0 Å². The van der Waals surface area contributed by atoms with Crippen LogP contribution in [-0.4, -0.2) is 96.7 Å². The van der Waals surface area contributed by atoms with Gasteiger partial charge in [-0.05, 0) is 25.7 Å². The molecule has 0 radical (unpaired) electrons. The van der Waals surface area contributed by atoms with E-state index < -0.39 is 97.5 Å². The van der Waals surface area contributed by atoms with Crippen molar-refractivity contribution < 1.29 is 80.2 Å². The monoisotopic (exact) mass is 1470 g/mol. The van der Waals surface area contributed by atoms with E-state index in [1.165, 1.54) is 270 Å². The number of hydrogen-bond donors (Lipinski definition) is 3. The number of rotatable bonds is 82. The average Bonchev–Trinajstić information content (AvgIpc) is 0.927. The second kappa shape index (κ2) is 75.3. The van der Waals surface area contributed by atoms with Crippen LogP contribution in [0.5, 0.6) is 0 Å². The van der Waals surface area contributed by atoms with Crippen LogP contribution >= 0.6 is 15.6 Å². The highest BCUT2D eigenvalue weighted by atomic mass is 31.2. The number of carbonyl (C=O) groups excluding carboxylic acids is 4. The molecular formula is C81H158O17P2. The fourth-order valence-corrected chi connectivity index (χ4v) is 14.2. The molecular weight excluding hydrogens is 1310 g/mol. The Bertz CT molecular complexity index is 1890. The fraction of sp³-hybridized carbons (Fsp3) is 0.951. The normalized spacial score (nSPS) is 13.8. The van der Waals surface area contributed by atoms with Gasteiger partial charge in [-0.15, -0.1) is 0 Å². The molecule has 0 aliphatic rings. The van der Waals surface area contributed by atoms with Crippen LogP contribution in [-0.2, 0) is 65.4 Å². The van der Waals surface area contributed by atoms with Crippen molar-refractivity contribution in [1.82, 2.24) is 0 Å². The van der Waals surface area contributed by atoms with Crippen LogP contribution in [0.1, 0.15) is 439 Å². The Hall–Kier alpha value is -1.94. The minimum Gasteiger partial charge on any atom is -0.462 e. The van der Waals surface area contributed by atoms with E-state index in [0.29, 0.717) is 25.7 Å². The molecule has 594 valence electrons. The molecule has 0 aromatic heterocycles. The Balaban J connectivity index is 5.18. The second-order valence-electron chi connectivity index (χ2n) is 29.2. The number of ether oxygens (including phenoxy) is 4. The number of aliphatic hydroxyl groups excluding tert-OH is 1. The molecule has 0 saturated carbocycles. The van der Waals surface area contributed by atoms with Crippen molar-refractivity contribution in [2.75, 3.05) is 39.6 Å². The van der Waals surface area contributed by atoms with Crippen molar-refractivity contribution >= 4 is 39.5 Å². The van der Waals surface area contributed by atoms with Gasteiger partial charge in [0.1, 0.15) is 19.3 Å². The molecule has 3 N–H and O–H groups in total. The molecule has 0 amide bonds. The average molecular weight is 1470 g/mol. The zero-order valence-corrected chi connectivity index (χ0v) is 67.0. The van der Waals surface area contributed by atoms with E-state index in [1.807, 2.05) is 0 Å². The van der Waals surface area contributed by atoms with Crippen LogP contribution in [0, 0.1) is 0 Å². The van der Waals surface area contributed by atoms with Crippen LogP contribution < -0.4 is 0 Å². The van der Waals surface area contributed by atoms with E-state index in [2.05, 4.69) is 27.7 Å². The van der Waals surface area contributed by atoms with Gasteiger partial charge in [0.15, 0.2) is 12.2 Å². The molecule has 0 heterocycles. The lowest BCUT2D eigenvalue weighted by atomic mass is 10.0. The second-order valence-corrected chi connectivity index (χ2v) is 32.1. The number of phosphoric ester groups is 2. The van der Waals surface area contributed by atoms with Gasteiger partial charge in [-0.3, -0.25) is 37.3 Å². The van der Waals surface area contributed by atoms with E-state index in [9.17, 15) is 43.2 Å². The topological polar surface area (TPSA) is 237 Å². The summed E-state index contributed by atoms with van der Waals surface area (Å²) >= 11 is 0. The smallest absolute Gasteiger partial charge is 0.462 e. The summed E-state index contributed by atoms with van der Waals surface area (Å²) in [6.45, 7) is 5.00. The van der Waals surface area contributed by atoms with E-state index in [0.717, 1.165) is 89.9 Å². The zero-order valence-electron chi connectivity index (χ0n) is 65.2. The Morgan fingerprint density at radius 1 is 0.240 bits per heavy atom. The van der Waals surface area contributed by atoms with Gasteiger partial charge in [0, 0.05) is 25.7 Å². The van der Waals surface area contributed by atoms with Gasteiger partial charge in [0.05, 0.1) is 26.4 Å². The summed E-state index contributed by atoms with van der Waals surface area (Å²) in [5.74, 6) is -2.11. The van der Waals surface area contributed by atoms with Crippen LogP contribution in [0.15, 0.2) is 0 Å². The quantitative estimate of drug-likeness (QED) is 0.0222. The highest BCUT2D eigenvalue weighted by Crippen LogP contribution is 2.45. The molecule has 2 unspecified atom stereocenters. The third-order valence-corrected chi connectivity index (χ3v) is 21.0. The summed E-state index contributed by atoms with van der Waals surface area (Å²) in [7, 11) is -9.91. The number of hydrogen-bond acceptors (Lipinski definition) is 15. The summed E-state index contributed by atoms with van der Waals surface area (Å²) in [6, 6.07) is 0. The first kappa shape index (κ1) is 98.1. The highest BCUT2D eigenvalue weighted by molar-refractivity contribution is 7.47. The van der Waals surface area contributed by atoms with Gasteiger partial charge in [-0.25, -0.2) is 9.13 Å². The predicted molar refractivity (Wildman–Crippen MR) is 409 cm³/mol. The summed E-state index contributed by atoms with van der Waals surface area (Å²) in [5, 5.41) is 10.6. The molecule has 19 heteroatoms. The van der Waals surface area contributed by atoms with Crippen molar-refractivity contribution in [2.24, 2.45) is 0 Å². The molecule has 0 fully saturated rings. The number of unbranched alkanes of at least 4 members (excludes halogenated alkanes) is 56. The van der Waals surface area contributed by atoms with Gasteiger partial charge in [0.2, 0.25) is 0 Å². The number of phosphoric acid groups is 2. The van der Waals surface area contributed by atoms with Crippen molar-refractivity contribution in [1.29, 1.82) is 0 Å². The summed E-state index contributed by atoms with van der Waals surface area (Å²) in [5.41, 5.74) is 0. The summed E-state index contributed by atoms with van der Waals surface area (Å²) in [6.07, 6.45) is 68.1. The Labute approximate surface area is 613 Å². The number of esters is 4. The molecule has 0 saturated heterocycles. The summed E-state index contributed by atoms with van der Waals surface area (Å²) in [4.78, 5) is 72.9. The zero-order chi connectivity index (χ0) is 73.2. The Morgan fingerprint density at radius 2 is 0.400 bits per heavy atom. The first-order chi connectivity index (χ1) is 48.7. The molecule has 0 bridgehead atoms. The number of aliphatic hydroxyl groups is 1. The third-order valence-electron chi connectivity index (χ3n) is 19.1. The molecule has 0 aromatic rings. The molecule has 0 aromatic carbocycles. The van der Waals surface area contributed by atoms with E-state index in [4.69, 9.17) is 37.0 Å². The lowest BCUT2D eigenvalue weighted by molar-refractivity contribution is -0.161. The van der Waals surface area contributed by atoms with Crippen LogP contribution in [0.4, 0.5) is 0 Å². The molecule has 0 aliphatic heterocycles. The fourth-order valence-electron chi connectivity index (χ4n) is 12.6. The largest absolute Gasteiger partial charge is 0.472 e. The van der Waals surface area contributed by atoms with Gasteiger partial charge < -0.3 is 33.8 Å². The minimum absolute atomic E-state index is 0.109. The molecule has 0 rings (SSSR count). The van der Waals surface area contributed by atoms with Crippen molar-refractivity contribution in [3.05, 3.63) is 0 Å². The highest BCUT2D eigenvalue weighted by Gasteiger charge is 2.30. The van der Waals surface area contributed by atoms with Crippen molar-refractivity contribution in [2.45, 2.75) is 457 Å². The number of carbonyl (C=O) groups is 4. The van der Waals surface area contributed by atoms with Crippen molar-refractivity contribution in [3.63, 3.8) is 0 Å². The first-order valence-corrected chi connectivity index (χ1v) is 45.3. The SMILES string of the molecule is CCCCCCCCCCCCCCCCCCCCCCCC(=O)O[C@H](COC(=O)CCCCCCCCCCCCCCCCCC)COP(=O)(O)OC[C@@H](O)COP(=O)(O)OC[C@@H](COC(=O)CCCCCCCCCC)OC(=O)CCCCCCCCCCCCCCCCC. The minimum atomic E-state index is -4.96. The van der Waals surface area contributed by atoms with Crippen LogP contribution in [0.25, 0.3) is 0 Å². The maximum Gasteiger partial charge on any atom is 0.472 e. The van der Waals surface area contributed by atoms with E-state index in [1.54, 1.807) is 0 Å². The van der Waals surface area contributed by atoms with Gasteiger partial charge in [-0.1, -0.05) is 387 Å². The van der Waals surface area contributed by atoms with Crippen LogP contribution in [0.2, 0.25) is 0 Å². The van der Waals surface area contributed by atoms with E-state index in [-0.39, 0.29) is 25.7 Å². The lowest BCUT2D eigenvalue weighted by Crippen LogP contribution is -2.30. The van der Waals surface area contributed by atoms with Gasteiger partial charge in [0.25, 0.3) is 0 Å². The van der Waals surface area contributed by atoms with Gasteiger partial charge in [-0.2, -0.15) is 0 Å². The van der Waals surface area contributed by atoms with Crippen molar-refractivity contribution in [3.8, 4) is 0 Å².